The highest BCUT2D eigenvalue weighted by molar-refractivity contribution is 6.35. The first-order valence-corrected chi connectivity index (χ1v) is 6.20. The predicted octanol–water partition coefficient (Wildman–Crippen LogP) is 3.89. The van der Waals surface area contributed by atoms with Crippen LogP contribution in [-0.2, 0) is 6.54 Å². The number of hydrogen-bond donors (Lipinski definition) is 1. The zero-order valence-electron chi connectivity index (χ0n) is 9.65. The molecular formula is C12H17Cl2NO. The molecule has 90 valence electrons. The van der Waals surface area contributed by atoms with Gasteiger partial charge in [0.05, 0.1) is 11.6 Å². The van der Waals surface area contributed by atoms with Crippen LogP contribution in [-0.4, -0.2) is 13.7 Å². The Morgan fingerprint density at radius 2 is 2.06 bits per heavy atom. The maximum Gasteiger partial charge on any atom is 0.142 e. The molecule has 1 aromatic carbocycles. The van der Waals surface area contributed by atoms with E-state index < -0.39 is 0 Å². The molecule has 0 spiro atoms. The number of halogens is 2. The molecule has 1 N–H and O–H groups in total. The lowest BCUT2D eigenvalue weighted by Gasteiger charge is -2.13. The third kappa shape index (κ3) is 3.85. The summed E-state index contributed by atoms with van der Waals surface area (Å²) in [7, 11) is 1.88. The fourth-order valence-electron chi connectivity index (χ4n) is 1.42. The summed E-state index contributed by atoms with van der Waals surface area (Å²) in [6, 6.07) is 3.59. The smallest absolute Gasteiger partial charge is 0.142 e. The molecule has 16 heavy (non-hydrogen) atoms. The molecule has 2 nitrogen and oxygen atoms in total. The molecule has 1 rings (SSSR count). The van der Waals surface area contributed by atoms with E-state index >= 15 is 0 Å². The summed E-state index contributed by atoms with van der Waals surface area (Å²) in [6.07, 6.45) is 2.13. The average molecular weight is 262 g/mol. The first-order chi connectivity index (χ1) is 7.69. The van der Waals surface area contributed by atoms with Crippen molar-refractivity contribution in [1.29, 1.82) is 0 Å². The van der Waals surface area contributed by atoms with Gasteiger partial charge in [-0.05, 0) is 25.6 Å². The predicted molar refractivity (Wildman–Crippen MR) is 69.6 cm³/mol. The molecule has 0 unspecified atom stereocenters. The van der Waals surface area contributed by atoms with E-state index in [1.54, 1.807) is 6.07 Å². The van der Waals surface area contributed by atoms with E-state index in [0.717, 1.165) is 24.2 Å². The Morgan fingerprint density at radius 1 is 1.31 bits per heavy atom. The van der Waals surface area contributed by atoms with Gasteiger partial charge in [-0.25, -0.2) is 0 Å². The molecule has 0 atom stereocenters. The molecule has 0 aromatic heterocycles. The highest BCUT2D eigenvalue weighted by Crippen LogP contribution is 2.32. The van der Waals surface area contributed by atoms with Crippen molar-refractivity contribution in [3.63, 3.8) is 0 Å². The Morgan fingerprint density at radius 3 is 2.69 bits per heavy atom. The highest BCUT2D eigenvalue weighted by Gasteiger charge is 2.09. The molecule has 0 saturated carbocycles. The summed E-state index contributed by atoms with van der Waals surface area (Å²) in [5.41, 5.74) is 0.996. The zero-order chi connectivity index (χ0) is 12.0. The zero-order valence-corrected chi connectivity index (χ0v) is 11.2. The van der Waals surface area contributed by atoms with Crippen molar-refractivity contribution < 1.29 is 4.74 Å². The minimum atomic E-state index is 0.578. The second kappa shape index (κ2) is 7.00. The van der Waals surface area contributed by atoms with E-state index in [1.165, 1.54) is 0 Å². The van der Waals surface area contributed by atoms with Gasteiger partial charge in [-0.2, -0.15) is 0 Å². The van der Waals surface area contributed by atoms with Gasteiger partial charge in [-0.1, -0.05) is 36.5 Å². The summed E-state index contributed by atoms with van der Waals surface area (Å²) in [5.74, 6) is 0.744. The molecule has 0 bridgehead atoms. The number of rotatable bonds is 6. The van der Waals surface area contributed by atoms with Gasteiger partial charge in [0.15, 0.2) is 0 Å². The van der Waals surface area contributed by atoms with Gasteiger partial charge in [0.25, 0.3) is 0 Å². The van der Waals surface area contributed by atoms with Gasteiger partial charge in [0.1, 0.15) is 5.75 Å². The third-order valence-corrected chi connectivity index (χ3v) is 2.70. The van der Waals surface area contributed by atoms with Crippen molar-refractivity contribution in [2.45, 2.75) is 26.3 Å². The number of nitrogens with one attached hydrogen (secondary N) is 1. The molecule has 0 aliphatic carbocycles. The van der Waals surface area contributed by atoms with Crippen LogP contribution in [0.5, 0.6) is 5.75 Å². The van der Waals surface area contributed by atoms with E-state index in [9.17, 15) is 0 Å². The van der Waals surface area contributed by atoms with Crippen molar-refractivity contribution >= 4 is 23.2 Å². The second-order valence-corrected chi connectivity index (χ2v) is 4.45. The standard InChI is InChI=1S/C12H17Cl2NO/c1-3-4-5-16-12-9(8-15-2)6-10(13)7-11(12)14/h6-7,15H,3-5,8H2,1-2H3. The van der Waals surface area contributed by atoms with Crippen LogP contribution in [0.2, 0.25) is 10.0 Å². The maximum atomic E-state index is 6.11. The number of unbranched alkanes of at least 4 members (excludes halogenated alkanes) is 1. The third-order valence-electron chi connectivity index (χ3n) is 2.20. The fourth-order valence-corrected chi connectivity index (χ4v) is 2.01. The van der Waals surface area contributed by atoms with Crippen LogP contribution in [0.25, 0.3) is 0 Å². The molecule has 0 aliphatic heterocycles. The van der Waals surface area contributed by atoms with Gasteiger partial charge < -0.3 is 10.1 Å². The normalized spacial score (nSPS) is 10.5. The highest BCUT2D eigenvalue weighted by atomic mass is 35.5. The Kier molecular flexibility index (Phi) is 5.96. The molecule has 0 heterocycles. The topological polar surface area (TPSA) is 21.3 Å². The molecular weight excluding hydrogens is 245 g/mol. The molecule has 0 amide bonds. The number of hydrogen-bond acceptors (Lipinski definition) is 2. The summed E-state index contributed by atoms with van der Waals surface area (Å²) in [4.78, 5) is 0. The first kappa shape index (κ1) is 13.6. The van der Waals surface area contributed by atoms with Crippen molar-refractivity contribution in [1.82, 2.24) is 5.32 Å². The quantitative estimate of drug-likeness (QED) is 0.785. The van der Waals surface area contributed by atoms with Gasteiger partial charge in [-0.3, -0.25) is 0 Å². The van der Waals surface area contributed by atoms with Gasteiger partial charge in [-0.15, -0.1) is 0 Å². The van der Waals surface area contributed by atoms with Crippen LogP contribution in [0.4, 0.5) is 0 Å². The van der Waals surface area contributed by atoms with E-state index in [1.807, 2.05) is 13.1 Å². The first-order valence-electron chi connectivity index (χ1n) is 5.44. The Hall–Kier alpha value is -0.440. The summed E-state index contributed by atoms with van der Waals surface area (Å²) < 4.78 is 5.69. The maximum absolute atomic E-state index is 6.11. The van der Waals surface area contributed by atoms with Crippen LogP contribution < -0.4 is 10.1 Å². The van der Waals surface area contributed by atoms with Crippen molar-refractivity contribution in [3.8, 4) is 5.75 Å². The van der Waals surface area contributed by atoms with Crippen LogP contribution in [0.1, 0.15) is 25.3 Å². The minimum absolute atomic E-state index is 0.578. The van der Waals surface area contributed by atoms with Gasteiger partial charge in [0.2, 0.25) is 0 Å². The summed E-state index contributed by atoms with van der Waals surface area (Å²) in [6.45, 7) is 3.51. The van der Waals surface area contributed by atoms with Crippen molar-refractivity contribution in [2.24, 2.45) is 0 Å². The SMILES string of the molecule is CCCCOc1c(Cl)cc(Cl)cc1CNC. The second-order valence-electron chi connectivity index (χ2n) is 3.61. The average Bonchev–Trinajstić information content (AvgIpc) is 2.22. The van der Waals surface area contributed by atoms with Crippen LogP contribution >= 0.6 is 23.2 Å². The van der Waals surface area contributed by atoms with Crippen LogP contribution in [0.15, 0.2) is 12.1 Å². The van der Waals surface area contributed by atoms with Gasteiger partial charge in [0, 0.05) is 17.1 Å². The van der Waals surface area contributed by atoms with E-state index in [2.05, 4.69) is 12.2 Å². The Balaban J connectivity index is 2.85. The van der Waals surface area contributed by atoms with Crippen LogP contribution in [0, 0.1) is 0 Å². The summed E-state index contributed by atoms with van der Waals surface area (Å²) in [5, 5.41) is 4.29. The fraction of sp³-hybridized carbons (Fsp3) is 0.500. The molecule has 1 aromatic rings. The lowest BCUT2D eigenvalue weighted by Crippen LogP contribution is -2.08. The summed E-state index contributed by atoms with van der Waals surface area (Å²) >= 11 is 12.1. The van der Waals surface area contributed by atoms with E-state index in [-0.39, 0.29) is 0 Å². The molecule has 0 radical (unpaired) electrons. The minimum Gasteiger partial charge on any atom is -0.492 e. The monoisotopic (exact) mass is 261 g/mol. The molecule has 0 aliphatic rings. The lowest BCUT2D eigenvalue weighted by molar-refractivity contribution is 0.306. The van der Waals surface area contributed by atoms with Crippen molar-refractivity contribution in [3.05, 3.63) is 27.7 Å². The Labute approximate surface area is 107 Å². The molecule has 0 fully saturated rings. The van der Waals surface area contributed by atoms with E-state index in [0.29, 0.717) is 23.2 Å². The number of benzene rings is 1. The number of ether oxygens (including phenoxy) is 1. The Bertz CT molecular complexity index is 342. The lowest BCUT2D eigenvalue weighted by atomic mass is 10.2. The molecule has 4 heteroatoms. The van der Waals surface area contributed by atoms with Gasteiger partial charge >= 0.3 is 0 Å². The van der Waals surface area contributed by atoms with E-state index in [4.69, 9.17) is 27.9 Å². The van der Waals surface area contributed by atoms with Crippen LogP contribution in [0.3, 0.4) is 0 Å². The largest absolute Gasteiger partial charge is 0.492 e. The van der Waals surface area contributed by atoms with Crippen molar-refractivity contribution in [2.75, 3.05) is 13.7 Å². The molecule has 0 saturated heterocycles.